The van der Waals surface area contributed by atoms with Gasteiger partial charge in [-0.25, -0.2) is 0 Å². The van der Waals surface area contributed by atoms with Gasteiger partial charge >= 0.3 is 0 Å². The second-order valence-electron chi connectivity index (χ2n) is 5.67. The lowest BCUT2D eigenvalue weighted by Gasteiger charge is -2.20. The molecular weight excluding hydrogens is 238 g/mol. The van der Waals surface area contributed by atoms with Gasteiger partial charge in [-0.3, -0.25) is 0 Å². The first kappa shape index (κ1) is 14.4. The normalized spacial score (nSPS) is 22.9. The third-order valence-electron chi connectivity index (χ3n) is 3.62. The van der Waals surface area contributed by atoms with E-state index in [0.29, 0.717) is 11.8 Å². The van der Waals surface area contributed by atoms with Crippen LogP contribution >= 0.6 is 0 Å². The Morgan fingerprint density at radius 3 is 2.68 bits per heavy atom. The largest absolute Gasteiger partial charge is 0.497 e. The van der Waals surface area contributed by atoms with E-state index < -0.39 is 0 Å². The molecule has 0 amide bonds. The first-order valence-corrected chi connectivity index (χ1v) is 7.17. The summed E-state index contributed by atoms with van der Waals surface area (Å²) in [5.41, 5.74) is 1.26. The van der Waals surface area contributed by atoms with Crippen molar-refractivity contribution in [3.05, 3.63) is 29.8 Å². The Morgan fingerprint density at radius 2 is 2.05 bits per heavy atom. The summed E-state index contributed by atoms with van der Waals surface area (Å²) in [6.07, 6.45) is 1.37. The van der Waals surface area contributed by atoms with Crippen LogP contribution in [0.2, 0.25) is 0 Å². The molecule has 0 aliphatic carbocycles. The predicted octanol–water partition coefficient (Wildman–Crippen LogP) is 3.02. The molecule has 1 N–H and O–H groups in total. The van der Waals surface area contributed by atoms with Crippen molar-refractivity contribution in [2.24, 2.45) is 11.8 Å². The molecule has 3 nitrogen and oxygen atoms in total. The van der Waals surface area contributed by atoms with Crippen LogP contribution in [0, 0.1) is 11.8 Å². The molecule has 0 radical (unpaired) electrons. The maximum atomic E-state index is 5.90. The lowest BCUT2D eigenvalue weighted by molar-refractivity contribution is 0.0903. The van der Waals surface area contributed by atoms with Gasteiger partial charge in [-0.1, -0.05) is 26.0 Å². The fraction of sp³-hybridized carbons (Fsp3) is 0.625. The van der Waals surface area contributed by atoms with E-state index in [1.54, 1.807) is 7.11 Å². The van der Waals surface area contributed by atoms with E-state index in [4.69, 9.17) is 9.47 Å². The summed E-state index contributed by atoms with van der Waals surface area (Å²) in [4.78, 5) is 0. The van der Waals surface area contributed by atoms with Crippen molar-refractivity contribution in [1.82, 2.24) is 5.32 Å². The summed E-state index contributed by atoms with van der Waals surface area (Å²) in [6, 6.07) is 8.25. The van der Waals surface area contributed by atoms with Crippen molar-refractivity contribution in [2.75, 3.05) is 26.8 Å². The number of hydrogen-bond acceptors (Lipinski definition) is 3. The van der Waals surface area contributed by atoms with E-state index in [1.165, 1.54) is 5.56 Å². The molecule has 2 rings (SSSR count). The maximum absolute atomic E-state index is 5.90. The summed E-state index contributed by atoms with van der Waals surface area (Å²) in [7, 11) is 1.69. The molecule has 1 aromatic carbocycles. The molecular formula is C16H25NO2. The molecule has 1 aliphatic rings. The molecule has 0 aromatic heterocycles. The highest BCUT2D eigenvalue weighted by Crippen LogP contribution is 2.34. The van der Waals surface area contributed by atoms with Gasteiger partial charge in [0.15, 0.2) is 0 Å². The second kappa shape index (κ2) is 6.92. The fourth-order valence-electron chi connectivity index (χ4n) is 2.56. The second-order valence-corrected chi connectivity index (χ2v) is 5.67. The van der Waals surface area contributed by atoms with Gasteiger partial charge in [0, 0.05) is 19.1 Å². The molecule has 1 heterocycles. The molecule has 0 spiro atoms. The third-order valence-corrected chi connectivity index (χ3v) is 3.62. The molecule has 2 atom stereocenters. The highest BCUT2D eigenvalue weighted by molar-refractivity contribution is 5.29. The van der Waals surface area contributed by atoms with Gasteiger partial charge < -0.3 is 14.8 Å². The molecule has 1 aromatic rings. The monoisotopic (exact) mass is 263 g/mol. The van der Waals surface area contributed by atoms with Crippen LogP contribution in [0.25, 0.3) is 0 Å². The summed E-state index contributed by atoms with van der Waals surface area (Å²) in [6.45, 7) is 7.45. The van der Waals surface area contributed by atoms with E-state index >= 15 is 0 Å². The number of methoxy groups -OCH3 is 1. The van der Waals surface area contributed by atoms with Crippen LogP contribution < -0.4 is 10.1 Å². The molecule has 0 bridgehead atoms. The zero-order valence-corrected chi connectivity index (χ0v) is 12.2. The van der Waals surface area contributed by atoms with Gasteiger partial charge in [0.05, 0.1) is 13.2 Å². The van der Waals surface area contributed by atoms with E-state index in [9.17, 15) is 0 Å². The first-order chi connectivity index (χ1) is 9.20. The van der Waals surface area contributed by atoms with Gasteiger partial charge in [0.25, 0.3) is 0 Å². The average molecular weight is 263 g/mol. The third kappa shape index (κ3) is 3.95. The number of ether oxygens (including phenoxy) is 2. The van der Waals surface area contributed by atoms with Crippen molar-refractivity contribution >= 4 is 0 Å². The van der Waals surface area contributed by atoms with Crippen LogP contribution in [0.15, 0.2) is 24.3 Å². The first-order valence-electron chi connectivity index (χ1n) is 7.17. The molecule has 3 heteroatoms. The summed E-state index contributed by atoms with van der Waals surface area (Å²) >= 11 is 0. The van der Waals surface area contributed by atoms with Crippen molar-refractivity contribution in [3.8, 4) is 5.75 Å². The van der Waals surface area contributed by atoms with Crippen molar-refractivity contribution in [1.29, 1.82) is 0 Å². The van der Waals surface area contributed by atoms with E-state index in [-0.39, 0.29) is 6.10 Å². The molecule has 19 heavy (non-hydrogen) atoms. The SMILES string of the molecule is COc1ccc(C2OCCC2CNCC(C)C)cc1. The summed E-state index contributed by atoms with van der Waals surface area (Å²) in [5, 5.41) is 3.54. The highest BCUT2D eigenvalue weighted by atomic mass is 16.5. The molecule has 2 unspecified atom stereocenters. The maximum Gasteiger partial charge on any atom is 0.118 e. The average Bonchev–Trinajstić information content (AvgIpc) is 2.87. The minimum absolute atomic E-state index is 0.227. The van der Waals surface area contributed by atoms with Crippen LogP contribution in [-0.2, 0) is 4.74 Å². The van der Waals surface area contributed by atoms with Crippen LogP contribution in [0.1, 0.15) is 31.9 Å². The predicted molar refractivity (Wildman–Crippen MR) is 77.5 cm³/mol. The number of benzene rings is 1. The minimum Gasteiger partial charge on any atom is -0.497 e. The summed E-state index contributed by atoms with van der Waals surface area (Å²) in [5.74, 6) is 2.17. The van der Waals surface area contributed by atoms with E-state index in [2.05, 4.69) is 31.3 Å². The Labute approximate surface area is 116 Å². The molecule has 1 fully saturated rings. The smallest absolute Gasteiger partial charge is 0.118 e. The van der Waals surface area contributed by atoms with Gasteiger partial charge in [-0.05, 0) is 36.6 Å². The summed E-state index contributed by atoms with van der Waals surface area (Å²) < 4.78 is 11.1. The number of rotatable bonds is 6. The highest BCUT2D eigenvalue weighted by Gasteiger charge is 2.29. The fourth-order valence-corrected chi connectivity index (χ4v) is 2.56. The number of hydrogen-bond donors (Lipinski definition) is 1. The lowest BCUT2D eigenvalue weighted by atomic mass is 9.95. The van der Waals surface area contributed by atoms with Gasteiger partial charge in [0.1, 0.15) is 5.75 Å². The van der Waals surface area contributed by atoms with Crippen molar-refractivity contribution in [2.45, 2.75) is 26.4 Å². The van der Waals surface area contributed by atoms with Gasteiger partial charge in [-0.15, -0.1) is 0 Å². The quantitative estimate of drug-likeness (QED) is 0.856. The minimum atomic E-state index is 0.227. The van der Waals surface area contributed by atoms with Crippen LogP contribution in [-0.4, -0.2) is 26.8 Å². The van der Waals surface area contributed by atoms with Crippen LogP contribution in [0.4, 0.5) is 0 Å². The molecule has 1 aliphatic heterocycles. The lowest BCUT2D eigenvalue weighted by Crippen LogP contribution is -2.27. The van der Waals surface area contributed by atoms with E-state index in [1.807, 2.05) is 12.1 Å². The van der Waals surface area contributed by atoms with Crippen molar-refractivity contribution in [3.63, 3.8) is 0 Å². The Bertz CT molecular complexity index is 375. The topological polar surface area (TPSA) is 30.5 Å². The van der Waals surface area contributed by atoms with Gasteiger partial charge in [-0.2, -0.15) is 0 Å². The zero-order chi connectivity index (χ0) is 13.7. The Morgan fingerprint density at radius 1 is 1.32 bits per heavy atom. The van der Waals surface area contributed by atoms with E-state index in [0.717, 1.165) is 31.9 Å². The van der Waals surface area contributed by atoms with Crippen LogP contribution in [0.3, 0.4) is 0 Å². The Balaban J connectivity index is 1.93. The Kier molecular flexibility index (Phi) is 5.23. The van der Waals surface area contributed by atoms with Gasteiger partial charge in [0.2, 0.25) is 0 Å². The Hall–Kier alpha value is -1.06. The molecule has 106 valence electrons. The molecule has 0 saturated carbocycles. The van der Waals surface area contributed by atoms with Crippen molar-refractivity contribution < 1.29 is 9.47 Å². The standard InChI is InChI=1S/C16H25NO2/c1-12(2)10-17-11-14-8-9-19-16(14)13-4-6-15(18-3)7-5-13/h4-7,12,14,16-17H,8-11H2,1-3H3. The zero-order valence-electron chi connectivity index (χ0n) is 12.2. The molecule has 1 saturated heterocycles. The number of nitrogens with one attached hydrogen (secondary N) is 1. The van der Waals surface area contributed by atoms with Crippen LogP contribution in [0.5, 0.6) is 5.75 Å².